The molecule has 1 nitrogen and oxygen atoms in total. The first-order valence-electron chi connectivity index (χ1n) is 4.05. The zero-order valence-corrected chi connectivity index (χ0v) is 7.50. The van der Waals surface area contributed by atoms with Gasteiger partial charge >= 0.3 is 24.2 Å². The van der Waals surface area contributed by atoms with Gasteiger partial charge in [0.25, 0.3) is 0 Å². The summed E-state index contributed by atoms with van der Waals surface area (Å²) in [7, 11) is 0. The summed E-state index contributed by atoms with van der Waals surface area (Å²) >= 11 is 0. The van der Waals surface area contributed by atoms with E-state index < -0.39 is 36.7 Å². The van der Waals surface area contributed by atoms with Crippen molar-refractivity contribution in [2.75, 3.05) is 6.61 Å². The van der Waals surface area contributed by atoms with Crippen LogP contribution >= 0.6 is 0 Å². The van der Waals surface area contributed by atoms with Crippen molar-refractivity contribution in [2.24, 2.45) is 0 Å². The Morgan fingerprint density at radius 1 is 1.06 bits per heavy atom. The van der Waals surface area contributed by atoms with Gasteiger partial charge in [0.2, 0.25) is 0 Å². The number of epoxide rings is 1. The maximum Gasteiger partial charge on any atom is 0.377 e. The number of ether oxygens (including phenoxy) is 1. The van der Waals surface area contributed by atoms with Crippen molar-refractivity contribution in [1.82, 2.24) is 0 Å². The molecule has 0 N–H and O–H groups in total. The molecule has 0 amide bonds. The fourth-order valence-corrected chi connectivity index (χ4v) is 0.981. The van der Waals surface area contributed by atoms with Gasteiger partial charge in [0.05, 0.1) is 12.7 Å². The minimum absolute atomic E-state index is 0.272. The Bertz CT molecular complexity index is 259. The van der Waals surface area contributed by atoms with Crippen LogP contribution in [0.5, 0.6) is 0 Å². The van der Waals surface area contributed by atoms with Crippen LogP contribution in [-0.4, -0.2) is 36.9 Å². The SMILES string of the molecule is FC(F)C(F)(F)C(F)(F)C(F)(F)CC1CO1. The van der Waals surface area contributed by atoms with Crippen LogP contribution in [0.15, 0.2) is 0 Å². The monoisotopic (exact) mass is 258 g/mol. The summed E-state index contributed by atoms with van der Waals surface area (Å²) in [5, 5.41) is 0. The van der Waals surface area contributed by atoms with Gasteiger partial charge in [0.15, 0.2) is 0 Å². The van der Waals surface area contributed by atoms with Crippen LogP contribution < -0.4 is 0 Å². The molecule has 0 aromatic heterocycles. The molecule has 0 spiro atoms. The standard InChI is InChI=1S/C7H6F8O/c8-4(9)6(12,13)7(14,15)5(10,11)1-3-2-16-3/h3-4H,1-2H2. The topological polar surface area (TPSA) is 12.5 Å². The van der Waals surface area contributed by atoms with Crippen molar-refractivity contribution >= 4 is 0 Å². The van der Waals surface area contributed by atoms with Crippen LogP contribution in [-0.2, 0) is 4.74 Å². The van der Waals surface area contributed by atoms with Crippen molar-refractivity contribution in [2.45, 2.75) is 36.7 Å². The zero-order valence-electron chi connectivity index (χ0n) is 7.50. The molecule has 0 aromatic carbocycles. The van der Waals surface area contributed by atoms with Crippen molar-refractivity contribution in [3.8, 4) is 0 Å². The first-order valence-corrected chi connectivity index (χ1v) is 4.05. The van der Waals surface area contributed by atoms with Crippen molar-refractivity contribution < 1.29 is 39.9 Å². The van der Waals surface area contributed by atoms with Crippen LogP contribution in [0.4, 0.5) is 35.1 Å². The molecular formula is C7H6F8O. The third-order valence-electron chi connectivity index (χ3n) is 2.04. The Labute approximate surface area is 84.4 Å². The normalized spacial score (nSPS) is 22.7. The van der Waals surface area contributed by atoms with Gasteiger partial charge in [-0.15, -0.1) is 0 Å². The van der Waals surface area contributed by atoms with E-state index in [0.29, 0.717) is 0 Å². The summed E-state index contributed by atoms with van der Waals surface area (Å²) in [4.78, 5) is 0. The first-order chi connectivity index (χ1) is 7.02. The van der Waals surface area contributed by atoms with E-state index in [-0.39, 0.29) is 6.61 Å². The fraction of sp³-hybridized carbons (Fsp3) is 1.00. The molecule has 0 aliphatic carbocycles. The fourth-order valence-electron chi connectivity index (χ4n) is 0.981. The zero-order chi connectivity index (χ0) is 12.8. The molecule has 9 heteroatoms. The highest BCUT2D eigenvalue weighted by molar-refractivity contribution is 4.99. The van der Waals surface area contributed by atoms with E-state index in [9.17, 15) is 35.1 Å². The van der Waals surface area contributed by atoms with Crippen molar-refractivity contribution in [3.05, 3.63) is 0 Å². The molecule has 0 saturated carbocycles. The Balaban J connectivity index is 2.88. The second-order valence-corrected chi connectivity index (χ2v) is 3.36. The highest BCUT2D eigenvalue weighted by atomic mass is 19.4. The van der Waals surface area contributed by atoms with E-state index in [1.165, 1.54) is 0 Å². The lowest BCUT2D eigenvalue weighted by Crippen LogP contribution is -2.57. The molecule has 1 heterocycles. The molecule has 1 atom stereocenters. The lowest BCUT2D eigenvalue weighted by molar-refractivity contribution is -0.340. The largest absolute Gasteiger partial charge is 0.377 e. The number of halogens is 8. The maximum absolute atomic E-state index is 12.7. The van der Waals surface area contributed by atoms with Gasteiger partial charge in [0, 0.05) is 6.42 Å². The van der Waals surface area contributed by atoms with Crippen LogP contribution in [0.25, 0.3) is 0 Å². The molecule has 1 saturated heterocycles. The van der Waals surface area contributed by atoms with Gasteiger partial charge in [-0.3, -0.25) is 0 Å². The first kappa shape index (κ1) is 13.5. The van der Waals surface area contributed by atoms with E-state index in [0.717, 1.165) is 0 Å². The second kappa shape index (κ2) is 3.71. The van der Waals surface area contributed by atoms with E-state index in [2.05, 4.69) is 4.74 Å². The van der Waals surface area contributed by atoms with Gasteiger partial charge in [-0.1, -0.05) is 0 Å². The lowest BCUT2D eigenvalue weighted by atomic mass is 10.0. The molecule has 96 valence electrons. The smallest absolute Gasteiger partial charge is 0.373 e. The maximum atomic E-state index is 12.7. The molecular weight excluding hydrogens is 252 g/mol. The van der Waals surface area contributed by atoms with Gasteiger partial charge in [-0.25, -0.2) is 8.78 Å². The third-order valence-corrected chi connectivity index (χ3v) is 2.04. The highest BCUT2D eigenvalue weighted by Crippen LogP contribution is 2.51. The number of hydrogen-bond donors (Lipinski definition) is 0. The van der Waals surface area contributed by atoms with E-state index in [1.807, 2.05) is 0 Å². The minimum atomic E-state index is -6.11. The number of alkyl halides is 8. The Morgan fingerprint density at radius 3 is 1.81 bits per heavy atom. The van der Waals surface area contributed by atoms with Gasteiger partial charge in [-0.2, -0.15) is 26.3 Å². The van der Waals surface area contributed by atoms with Gasteiger partial charge in [0.1, 0.15) is 0 Å². The predicted molar refractivity (Wildman–Crippen MR) is 35.2 cm³/mol. The quantitative estimate of drug-likeness (QED) is 0.545. The summed E-state index contributed by atoms with van der Waals surface area (Å²) in [6.07, 6.45) is -7.86. The summed E-state index contributed by atoms with van der Waals surface area (Å²) in [6, 6.07) is 0. The average Bonchev–Trinajstić information content (AvgIpc) is 2.86. The van der Waals surface area contributed by atoms with Crippen molar-refractivity contribution in [1.29, 1.82) is 0 Å². The molecule has 0 bridgehead atoms. The number of hydrogen-bond acceptors (Lipinski definition) is 1. The molecule has 1 fully saturated rings. The Hall–Kier alpha value is -0.600. The summed E-state index contributed by atoms with van der Waals surface area (Å²) in [5.74, 6) is -17.4. The summed E-state index contributed by atoms with van der Waals surface area (Å²) in [6.45, 7) is -0.272. The second-order valence-electron chi connectivity index (χ2n) is 3.36. The van der Waals surface area contributed by atoms with Crippen LogP contribution in [0.3, 0.4) is 0 Å². The number of rotatable bonds is 5. The Morgan fingerprint density at radius 2 is 1.50 bits per heavy atom. The molecule has 1 aliphatic heterocycles. The highest BCUT2D eigenvalue weighted by Gasteiger charge is 2.75. The van der Waals surface area contributed by atoms with Crippen LogP contribution in [0, 0.1) is 0 Å². The minimum Gasteiger partial charge on any atom is -0.373 e. The molecule has 1 aliphatic rings. The van der Waals surface area contributed by atoms with Crippen molar-refractivity contribution in [3.63, 3.8) is 0 Å². The summed E-state index contributed by atoms with van der Waals surface area (Å²) < 4.78 is 102. The van der Waals surface area contributed by atoms with Gasteiger partial charge in [-0.05, 0) is 0 Å². The Kier molecular flexibility index (Phi) is 3.12. The van der Waals surface area contributed by atoms with E-state index in [1.54, 1.807) is 0 Å². The lowest BCUT2D eigenvalue weighted by Gasteiger charge is -2.31. The van der Waals surface area contributed by atoms with Crippen LogP contribution in [0.1, 0.15) is 6.42 Å². The molecule has 1 unspecified atom stereocenters. The van der Waals surface area contributed by atoms with E-state index >= 15 is 0 Å². The van der Waals surface area contributed by atoms with Crippen LogP contribution in [0.2, 0.25) is 0 Å². The molecule has 16 heavy (non-hydrogen) atoms. The third kappa shape index (κ3) is 2.09. The average molecular weight is 258 g/mol. The predicted octanol–water partition coefficient (Wildman–Crippen LogP) is 2.95. The summed E-state index contributed by atoms with van der Waals surface area (Å²) in [5.41, 5.74) is 0. The van der Waals surface area contributed by atoms with E-state index in [4.69, 9.17) is 0 Å². The molecule has 0 radical (unpaired) electrons. The molecule has 0 aromatic rings. The van der Waals surface area contributed by atoms with Gasteiger partial charge < -0.3 is 4.74 Å². The molecule has 1 rings (SSSR count).